The molecule has 0 aliphatic heterocycles. The third-order valence-corrected chi connectivity index (χ3v) is 6.15. The zero-order valence-corrected chi connectivity index (χ0v) is 15.2. The zero-order chi connectivity index (χ0) is 17.7. The summed E-state index contributed by atoms with van der Waals surface area (Å²) in [5.41, 5.74) is 10.8. The number of benzene rings is 2. The standard InChI is InChI=1S/C24H23F/c1-14-15(2)17(4)24(16(14)3)23-13-22(18-9-11-19(25)12-10-18)20-7-5-6-8-21(20)23/h5-13,23-24H,1-4H3. The third kappa shape index (κ3) is 2.41. The summed E-state index contributed by atoms with van der Waals surface area (Å²) < 4.78 is 13.3. The van der Waals surface area contributed by atoms with Crippen LogP contribution in [-0.2, 0) is 0 Å². The minimum absolute atomic E-state index is 0.188. The van der Waals surface area contributed by atoms with Crippen LogP contribution in [0.2, 0.25) is 0 Å². The second kappa shape index (κ2) is 5.84. The monoisotopic (exact) mass is 330 g/mol. The minimum Gasteiger partial charge on any atom is -0.207 e. The van der Waals surface area contributed by atoms with E-state index in [1.807, 2.05) is 12.1 Å². The highest BCUT2D eigenvalue weighted by molar-refractivity contribution is 5.86. The fourth-order valence-electron chi connectivity index (χ4n) is 4.47. The van der Waals surface area contributed by atoms with Crippen molar-refractivity contribution in [3.8, 4) is 0 Å². The van der Waals surface area contributed by atoms with Gasteiger partial charge in [0.2, 0.25) is 0 Å². The summed E-state index contributed by atoms with van der Waals surface area (Å²) in [4.78, 5) is 0. The van der Waals surface area contributed by atoms with E-state index in [-0.39, 0.29) is 5.82 Å². The maximum absolute atomic E-state index is 13.3. The summed E-state index contributed by atoms with van der Waals surface area (Å²) in [5.74, 6) is 0.592. The van der Waals surface area contributed by atoms with Gasteiger partial charge in [-0.05, 0) is 73.2 Å². The molecule has 0 bridgehead atoms. The first-order chi connectivity index (χ1) is 12.0. The summed E-state index contributed by atoms with van der Waals surface area (Å²) in [5, 5.41) is 0. The number of fused-ring (bicyclic) bond motifs is 1. The van der Waals surface area contributed by atoms with Crippen molar-refractivity contribution in [3.63, 3.8) is 0 Å². The molecule has 25 heavy (non-hydrogen) atoms. The molecule has 2 aliphatic rings. The Morgan fingerprint density at radius 2 is 1.36 bits per heavy atom. The lowest BCUT2D eigenvalue weighted by Crippen LogP contribution is -2.11. The molecule has 2 aliphatic carbocycles. The molecule has 0 heterocycles. The predicted octanol–water partition coefficient (Wildman–Crippen LogP) is 6.66. The van der Waals surface area contributed by atoms with Gasteiger partial charge in [-0.1, -0.05) is 53.6 Å². The van der Waals surface area contributed by atoms with Crippen LogP contribution in [0, 0.1) is 11.7 Å². The molecule has 1 heteroatoms. The number of hydrogen-bond acceptors (Lipinski definition) is 0. The van der Waals surface area contributed by atoms with Gasteiger partial charge in [0.05, 0.1) is 0 Å². The van der Waals surface area contributed by atoms with Gasteiger partial charge in [0.1, 0.15) is 5.82 Å². The fraction of sp³-hybridized carbons (Fsp3) is 0.250. The Morgan fingerprint density at radius 3 is 2.00 bits per heavy atom. The average molecular weight is 330 g/mol. The van der Waals surface area contributed by atoms with Crippen LogP contribution < -0.4 is 0 Å². The lowest BCUT2D eigenvalue weighted by molar-refractivity contribution is 0.627. The van der Waals surface area contributed by atoms with E-state index < -0.39 is 0 Å². The quantitative estimate of drug-likeness (QED) is 0.578. The molecular weight excluding hydrogens is 307 g/mol. The van der Waals surface area contributed by atoms with Crippen molar-refractivity contribution in [1.29, 1.82) is 0 Å². The topological polar surface area (TPSA) is 0 Å². The van der Waals surface area contributed by atoms with Crippen molar-refractivity contribution in [2.75, 3.05) is 0 Å². The van der Waals surface area contributed by atoms with E-state index in [0.29, 0.717) is 11.8 Å². The van der Waals surface area contributed by atoms with Crippen molar-refractivity contribution in [1.82, 2.24) is 0 Å². The predicted molar refractivity (Wildman–Crippen MR) is 103 cm³/mol. The van der Waals surface area contributed by atoms with Gasteiger partial charge in [-0.15, -0.1) is 0 Å². The molecule has 0 radical (unpaired) electrons. The molecule has 0 spiro atoms. The molecular formula is C24H23F. The van der Waals surface area contributed by atoms with E-state index in [4.69, 9.17) is 0 Å². The molecule has 0 nitrogen and oxygen atoms in total. The molecule has 0 saturated carbocycles. The van der Waals surface area contributed by atoms with E-state index in [0.717, 1.165) is 5.56 Å². The summed E-state index contributed by atoms with van der Waals surface area (Å²) in [6.45, 7) is 9.01. The first-order valence-corrected chi connectivity index (χ1v) is 8.91. The summed E-state index contributed by atoms with van der Waals surface area (Å²) >= 11 is 0. The molecule has 0 saturated heterocycles. The lowest BCUT2D eigenvalue weighted by atomic mass is 9.81. The van der Waals surface area contributed by atoms with Gasteiger partial charge >= 0.3 is 0 Å². The van der Waals surface area contributed by atoms with Gasteiger partial charge in [0.25, 0.3) is 0 Å². The fourth-order valence-corrected chi connectivity index (χ4v) is 4.47. The van der Waals surface area contributed by atoms with Crippen molar-refractivity contribution >= 4 is 5.57 Å². The maximum atomic E-state index is 13.3. The third-order valence-electron chi connectivity index (χ3n) is 6.15. The van der Waals surface area contributed by atoms with E-state index >= 15 is 0 Å². The Balaban J connectivity index is 1.86. The van der Waals surface area contributed by atoms with Gasteiger partial charge in [-0.2, -0.15) is 0 Å². The summed E-state index contributed by atoms with van der Waals surface area (Å²) in [6, 6.07) is 15.5. The van der Waals surface area contributed by atoms with Crippen LogP contribution in [0.5, 0.6) is 0 Å². The maximum Gasteiger partial charge on any atom is 0.123 e. The van der Waals surface area contributed by atoms with E-state index in [1.54, 1.807) is 12.1 Å². The van der Waals surface area contributed by atoms with Crippen molar-refractivity contribution in [3.05, 3.63) is 99.4 Å². The normalized spacial score (nSPS) is 20.4. The Morgan fingerprint density at radius 1 is 0.760 bits per heavy atom. The van der Waals surface area contributed by atoms with Gasteiger partial charge < -0.3 is 0 Å². The molecule has 2 aromatic rings. The SMILES string of the molecule is CC1=C(C)C(C2C=C(c3ccc(F)cc3)c3ccccc32)C(C)=C1C. The van der Waals surface area contributed by atoms with Crippen molar-refractivity contribution in [2.24, 2.45) is 5.92 Å². The van der Waals surface area contributed by atoms with Crippen LogP contribution in [0.1, 0.15) is 50.3 Å². The van der Waals surface area contributed by atoms with Crippen LogP contribution in [0.15, 0.2) is 76.9 Å². The summed E-state index contributed by atoms with van der Waals surface area (Å²) in [6.07, 6.45) is 2.39. The van der Waals surface area contributed by atoms with E-state index in [1.165, 1.54) is 39.0 Å². The molecule has 1 unspecified atom stereocenters. The van der Waals surface area contributed by atoms with Crippen molar-refractivity contribution < 1.29 is 4.39 Å². The highest BCUT2D eigenvalue weighted by Gasteiger charge is 2.35. The first-order valence-electron chi connectivity index (χ1n) is 8.91. The molecule has 0 N–H and O–H groups in total. The van der Waals surface area contributed by atoms with Gasteiger partial charge in [-0.25, -0.2) is 4.39 Å². The van der Waals surface area contributed by atoms with Crippen molar-refractivity contribution in [2.45, 2.75) is 33.6 Å². The second-order valence-electron chi connectivity index (χ2n) is 7.29. The molecule has 126 valence electrons. The average Bonchev–Trinajstić information content (AvgIpc) is 3.08. The molecule has 0 fully saturated rings. The minimum atomic E-state index is -0.188. The Labute approximate surface area is 149 Å². The number of rotatable bonds is 2. The Bertz CT molecular complexity index is 914. The molecule has 0 amide bonds. The van der Waals surface area contributed by atoms with E-state index in [9.17, 15) is 4.39 Å². The van der Waals surface area contributed by atoms with Crippen LogP contribution >= 0.6 is 0 Å². The summed E-state index contributed by atoms with van der Waals surface area (Å²) in [7, 11) is 0. The molecule has 2 aromatic carbocycles. The molecule has 0 aromatic heterocycles. The lowest BCUT2D eigenvalue weighted by Gasteiger charge is -2.23. The molecule has 4 rings (SSSR count). The second-order valence-corrected chi connectivity index (χ2v) is 7.29. The van der Waals surface area contributed by atoms with Crippen LogP contribution in [-0.4, -0.2) is 0 Å². The van der Waals surface area contributed by atoms with Crippen LogP contribution in [0.3, 0.4) is 0 Å². The Hall–Kier alpha value is -2.41. The van der Waals surface area contributed by atoms with Crippen LogP contribution in [0.4, 0.5) is 4.39 Å². The highest BCUT2D eigenvalue weighted by atomic mass is 19.1. The number of allylic oxidation sites excluding steroid dienone is 5. The number of halogens is 1. The highest BCUT2D eigenvalue weighted by Crippen LogP contribution is 2.50. The Kier molecular flexibility index (Phi) is 3.76. The zero-order valence-electron chi connectivity index (χ0n) is 15.2. The van der Waals surface area contributed by atoms with Gasteiger partial charge in [0, 0.05) is 11.8 Å². The first kappa shape index (κ1) is 16.1. The van der Waals surface area contributed by atoms with Gasteiger partial charge in [-0.3, -0.25) is 0 Å². The van der Waals surface area contributed by atoms with Gasteiger partial charge in [0.15, 0.2) is 0 Å². The smallest absolute Gasteiger partial charge is 0.123 e. The molecule has 1 atom stereocenters. The van der Waals surface area contributed by atoms with E-state index in [2.05, 4.69) is 58.0 Å². The largest absolute Gasteiger partial charge is 0.207 e. The number of hydrogen-bond donors (Lipinski definition) is 0. The van der Waals surface area contributed by atoms with Crippen LogP contribution in [0.25, 0.3) is 5.57 Å².